The molecule has 0 bridgehead atoms. The van der Waals surface area contributed by atoms with Gasteiger partial charge < -0.3 is 15.4 Å². The summed E-state index contributed by atoms with van der Waals surface area (Å²) in [6.07, 6.45) is 4.61. The molecule has 0 aliphatic carbocycles. The summed E-state index contributed by atoms with van der Waals surface area (Å²) in [7, 11) is 0. The molecule has 30 heavy (non-hydrogen) atoms. The van der Waals surface area contributed by atoms with E-state index in [0.29, 0.717) is 6.54 Å². The van der Waals surface area contributed by atoms with Crippen molar-refractivity contribution in [3.05, 3.63) is 62.1 Å². The number of hydrogen-bond donors (Lipinski definition) is 2. The summed E-state index contributed by atoms with van der Waals surface area (Å²) in [6, 6.07) is 7.89. The van der Waals surface area contributed by atoms with Crippen LogP contribution in [0.2, 0.25) is 4.34 Å². The largest absolute Gasteiger partial charge is 0.369 e. The van der Waals surface area contributed by atoms with Crippen LogP contribution in [0.1, 0.15) is 50.9 Å². The van der Waals surface area contributed by atoms with Crippen molar-refractivity contribution in [2.45, 2.75) is 37.5 Å². The Morgan fingerprint density at radius 1 is 1.30 bits per heavy atom. The van der Waals surface area contributed by atoms with E-state index in [1.54, 1.807) is 16.0 Å². The van der Waals surface area contributed by atoms with Gasteiger partial charge in [0.25, 0.3) is 5.91 Å². The van der Waals surface area contributed by atoms with Crippen molar-refractivity contribution in [3.8, 4) is 5.69 Å². The molecule has 3 aliphatic heterocycles. The van der Waals surface area contributed by atoms with E-state index in [9.17, 15) is 4.79 Å². The smallest absolute Gasteiger partial charge is 0.251 e. The summed E-state index contributed by atoms with van der Waals surface area (Å²) in [5.41, 5.74) is 4.53. The van der Waals surface area contributed by atoms with Crippen molar-refractivity contribution < 1.29 is 9.53 Å². The van der Waals surface area contributed by atoms with E-state index in [4.69, 9.17) is 16.3 Å². The van der Waals surface area contributed by atoms with Crippen molar-refractivity contribution in [1.82, 2.24) is 25.6 Å². The van der Waals surface area contributed by atoms with Crippen molar-refractivity contribution in [1.29, 1.82) is 0 Å². The fourth-order valence-electron chi connectivity index (χ4n) is 4.81. The lowest BCUT2D eigenvalue weighted by molar-refractivity contribution is -0.0871. The van der Waals surface area contributed by atoms with Gasteiger partial charge in [0.2, 0.25) is 0 Å². The standard InChI is InChI=1S/C21H20ClN5O2S/c22-18-8-12-3-6-29-21(19(12)30-18)4-5-23-16(9-21)17-11-27(26-25-17)14-1-2-15-13(7-14)10-24-20(15)28/h1-2,7-8,11,16,23H,3-6,9-10H2,(H,24,28)/t16-,21-/m0/s1. The number of rotatable bonds is 2. The number of benzene rings is 1. The highest BCUT2D eigenvalue weighted by molar-refractivity contribution is 7.16. The molecule has 1 amide bonds. The number of halogens is 1. The number of ether oxygens (including phenoxy) is 1. The lowest BCUT2D eigenvalue weighted by Gasteiger charge is -2.43. The Hall–Kier alpha value is -2.26. The second kappa shape index (κ2) is 6.88. The molecule has 3 aliphatic rings. The number of hydrogen-bond acceptors (Lipinski definition) is 6. The van der Waals surface area contributed by atoms with Gasteiger partial charge in [-0.3, -0.25) is 4.79 Å². The topological polar surface area (TPSA) is 81.1 Å². The Bertz CT molecular complexity index is 1160. The summed E-state index contributed by atoms with van der Waals surface area (Å²) in [4.78, 5) is 13.1. The molecule has 1 saturated heterocycles. The molecule has 1 spiro atoms. The van der Waals surface area contributed by atoms with Gasteiger partial charge >= 0.3 is 0 Å². The van der Waals surface area contributed by atoms with Gasteiger partial charge in [-0.25, -0.2) is 4.68 Å². The highest BCUT2D eigenvalue weighted by atomic mass is 35.5. The third-order valence-corrected chi connectivity index (χ3v) is 7.79. The van der Waals surface area contributed by atoms with Crippen LogP contribution in [0, 0.1) is 0 Å². The molecule has 3 aromatic rings. The number of thiophene rings is 1. The van der Waals surface area contributed by atoms with Gasteiger partial charge in [-0.1, -0.05) is 16.8 Å². The first-order chi connectivity index (χ1) is 14.6. The van der Waals surface area contributed by atoms with Gasteiger partial charge in [0.1, 0.15) is 11.3 Å². The lowest BCUT2D eigenvalue weighted by atomic mass is 9.82. The highest BCUT2D eigenvalue weighted by Crippen LogP contribution is 2.48. The number of nitrogens with one attached hydrogen (secondary N) is 2. The molecule has 5 heterocycles. The van der Waals surface area contributed by atoms with E-state index >= 15 is 0 Å². The average Bonchev–Trinajstić information content (AvgIpc) is 3.47. The first-order valence-corrected chi connectivity index (χ1v) is 11.3. The predicted molar refractivity (Wildman–Crippen MR) is 113 cm³/mol. The molecule has 2 atom stereocenters. The van der Waals surface area contributed by atoms with Crippen LogP contribution in [0.3, 0.4) is 0 Å². The van der Waals surface area contributed by atoms with Gasteiger partial charge in [0.15, 0.2) is 0 Å². The number of nitrogens with zero attached hydrogens (tertiary/aromatic N) is 3. The molecule has 7 nitrogen and oxygen atoms in total. The number of carbonyl (C=O) groups excluding carboxylic acids is 1. The summed E-state index contributed by atoms with van der Waals surface area (Å²) >= 11 is 7.97. The van der Waals surface area contributed by atoms with Crippen LogP contribution >= 0.6 is 22.9 Å². The molecule has 0 radical (unpaired) electrons. The summed E-state index contributed by atoms with van der Waals surface area (Å²) in [5.74, 6) is -0.0203. The second-order valence-electron chi connectivity index (χ2n) is 8.07. The molecule has 0 saturated carbocycles. The summed E-state index contributed by atoms with van der Waals surface area (Å²) < 4.78 is 8.97. The van der Waals surface area contributed by atoms with E-state index in [1.165, 1.54) is 10.4 Å². The molecule has 9 heteroatoms. The van der Waals surface area contributed by atoms with Gasteiger partial charge in [0.05, 0.1) is 28.9 Å². The van der Waals surface area contributed by atoms with Crippen molar-refractivity contribution >= 4 is 28.8 Å². The fourth-order valence-corrected chi connectivity index (χ4v) is 6.29. The molecular weight excluding hydrogens is 422 g/mol. The monoisotopic (exact) mass is 441 g/mol. The Morgan fingerprint density at radius 2 is 2.23 bits per heavy atom. The van der Waals surface area contributed by atoms with E-state index in [0.717, 1.165) is 59.3 Å². The zero-order valence-corrected chi connectivity index (χ0v) is 17.7. The van der Waals surface area contributed by atoms with E-state index in [-0.39, 0.29) is 17.6 Å². The maximum Gasteiger partial charge on any atom is 0.251 e. The number of aromatic nitrogens is 3. The molecule has 0 unspecified atom stereocenters. The average molecular weight is 442 g/mol. The van der Waals surface area contributed by atoms with Crippen molar-refractivity contribution in [2.24, 2.45) is 0 Å². The Morgan fingerprint density at radius 3 is 3.17 bits per heavy atom. The number of amides is 1. The van der Waals surface area contributed by atoms with E-state index in [2.05, 4.69) is 27.0 Å². The molecular formula is C21H20ClN5O2S. The molecule has 6 rings (SSSR count). The van der Waals surface area contributed by atoms with Crippen molar-refractivity contribution in [2.75, 3.05) is 13.2 Å². The number of fused-ring (bicyclic) bond motifs is 3. The fraction of sp³-hybridized carbons (Fsp3) is 0.381. The predicted octanol–water partition coefficient (Wildman–Crippen LogP) is 3.12. The SMILES string of the molecule is O=C1NCc2cc(-n3cc([C@@H]4C[C@]5(CCN4)OCCc4cc(Cl)sc45)nn3)ccc21. The lowest BCUT2D eigenvalue weighted by Crippen LogP contribution is -2.45. The molecule has 2 aromatic heterocycles. The minimum Gasteiger partial charge on any atom is -0.369 e. The van der Waals surface area contributed by atoms with Crippen LogP contribution in [0.5, 0.6) is 0 Å². The molecule has 1 fully saturated rings. The maximum absolute atomic E-state index is 11.8. The van der Waals surface area contributed by atoms with Gasteiger partial charge in [-0.05, 0) is 54.8 Å². The zero-order valence-electron chi connectivity index (χ0n) is 16.2. The van der Waals surface area contributed by atoms with Gasteiger partial charge in [0, 0.05) is 23.4 Å². The van der Waals surface area contributed by atoms with Crippen LogP contribution in [0.4, 0.5) is 0 Å². The van der Waals surface area contributed by atoms with Crippen LogP contribution in [0.15, 0.2) is 30.5 Å². The van der Waals surface area contributed by atoms with Crippen LogP contribution in [-0.2, 0) is 23.3 Å². The number of carbonyl (C=O) groups is 1. The van der Waals surface area contributed by atoms with E-state index < -0.39 is 0 Å². The van der Waals surface area contributed by atoms with Crippen molar-refractivity contribution in [3.63, 3.8) is 0 Å². The minimum atomic E-state index is -0.301. The van der Waals surface area contributed by atoms with Gasteiger partial charge in [-0.2, -0.15) is 0 Å². The van der Waals surface area contributed by atoms with Crippen LogP contribution in [-0.4, -0.2) is 34.1 Å². The third kappa shape index (κ3) is 2.90. The summed E-state index contributed by atoms with van der Waals surface area (Å²) in [5, 5.41) is 15.2. The first kappa shape index (κ1) is 18.5. The number of piperidine rings is 1. The third-order valence-electron chi connectivity index (χ3n) is 6.30. The Labute approximate surface area is 182 Å². The summed E-state index contributed by atoms with van der Waals surface area (Å²) in [6.45, 7) is 2.12. The molecule has 1 aromatic carbocycles. The zero-order chi connectivity index (χ0) is 20.3. The first-order valence-electron chi connectivity index (χ1n) is 10.1. The second-order valence-corrected chi connectivity index (χ2v) is 9.75. The Balaban J connectivity index is 1.29. The molecule has 154 valence electrons. The van der Waals surface area contributed by atoms with E-state index in [1.807, 2.05) is 24.4 Å². The maximum atomic E-state index is 11.8. The van der Waals surface area contributed by atoms with Crippen LogP contribution < -0.4 is 10.6 Å². The Kier molecular flexibility index (Phi) is 4.24. The quantitative estimate of drug-likeness (QED) is 0.638. The minimum absolute atomic E-state index is 0.0203. The van der Waals surface area contributed by atoms with Crippen LogP contribution in [0.25, 0.3) is 5.69 Å². The normalized spacial score (nSPS) is 25.2. The van der Waals surface area contributed by atoms with Gasteiger partial charge in [-0.15, -0.1) is 16.4 Å². The molecule has 2 N–H and O–H groups in total. The highest BCUT2D eigenvalue weighted by Gasteiger charge is 2.44.